The topological polar surface area (TPSA) is 38.9 Å². The van der Waals surface area contributed by atoms with Gasteiger partial charge in [0.2, 0.25) is 0 Å². The fourth-order valence-corrected chi connectivity index (χ4v) is 8.77. The van der Waals surface area contributed by atoms with E-state index in [1.807, 2.05) is 80.8 Å². The number of rotatable bonds is 7. The summed E-state index contributed by atoms with van der Waals surface area (Å²) in [5.74, 6) is -0.756. The maximum absolute atomic E-state index is 8.66. The van der Waals surface area contributed by atoms with Gasteiger partial charge in [0.05, 0.1) is 13.7 Å². The molecule has 0 saturated carbocycles. The Bertz CT molecular complexity index is 2780. The third kappa shape index (κ3) is 9.62. The van der Waals surface area contributed by atoms with Crippen LogP contribution in [0.5, 0.6) is 0 Å². The minimum Gasteiger partial charge on any atom is -0.501 e. The van der Waals surface area contributed by atoms with Crippen LogP contribution in [-0.2, 0) is 26.5 Å². The number of hydrogen-bond acceptors (Lipinski definition) is 3. The van der Waals surface area contributed by atoms with E-state index in [-0.39, 0.29) is 31.1 Å². The van der Waals surface area contributed by atoms with Gasteiger partial charge in [-0.2, -0.15) is 0 Å². The molecular formula is C52H52IrN2OSi-2. The van der Waals surface area contributed by atoms with Crippen LogP contribution in [0.25, 0.3) is 66.7 Å². The molecular weight excluding hydrogens is 889 g/mol. The van der Waals surface area contributed by atoms with E-state index in [1.165, 1.54) is 16.3 Å². The Morgan fingerprint density at radius 3 is 2.16 bits per heavy atom. The molecule has 0 amide bonds. The molecule has 0 N–H and O–H groups in total. The summed E-state index contributed by atoms with van der Waals surface area (Å²) in [6, 6.07) is 46.6. The van der Waals surface area contributed by atoms with Gasteiger partial charge >= 0.3 is 0 Å². The predicted molar refractivity (Wildman–Crippen MR) is 240 cm³/mol. The standard InChI is InChI=1S/C28H24NO.C24H28NSi.Ir/c1-28(2,3)18-19-14-15-29-25(16-19)24-11-7-10-23-22-13-12-21(17-26(22)30-27(23)24)20-8-5-4-6-9-20;1-17(2)21-15-23(25-16-24(21)26(4,5)6)20-13-12-18(3)22(14-20)19-10-8-7-9-11-19;/h4-10,12-17H,18H2,1-3H3;7-12,14-17H,1-6H3;/q2*-1;/i;3D3,17D;. The minimum absolute atomic E-state index is 0. The average molecular weight is 945 g/mol. The van der Waals surface area contributed by atoms with Crippen molar-refractivity contribution in [1.82, 2.24) is 9.97 Å². The SMILES string of the molecule is CC(C)(C)Cc1ccnc(-c2[c-]ccc3c2oc2cc(-c4ccccc4)ccc23)c1.[2H]C([2H])([2H])c1c[c-]c(-c2cc(C([2H])(C)C)c([Si](C)(C)C)cn2)cc1-c1ccccc1.[Ir]. The summed E-state index contributed by atoms with van der Waals surface area (Å²) in [5.41, 5.74) is 11.6. The molecule has 1 radical (unpaired) electrons. The van der Waals surface area contributed by atoms with Crippen LogP contribution in [0.15, 0.2) is 138 Å². The Morgan fingerprint density at radius 2 is 1.49 bits per heavy atom. The molecule has 3 nitrogen and oxygen atoms in total. The molecule has 3 aromatic heterocycles. The smallest absolute Gasteiger partial charge is 0.121 e. The molecule has 0 aliphatic rings. The number of pyridine rings is 2. The second-order valence-corrected chi connectivity index (χ2v) is 22.0. The van der Waals surface area contributed by atoms with Gasteiger partial charge in [-0.25, -0.2) is 0 Å². The first kappa shape index (κ1) is 36.4. The second kappa shape index (κ2) is 17.3. The van der Waals surface area contributed by atoms with Crippen LogP contribution in [0, 0.1) is 24.4 Å². The van der Waals surface area contributed by atoms with Crippen molar-refractivity contribution in [2.24, 2.45) is 5.41 Å². The second-order valence-electron chi connectivity index (χ2n) is 17.0. The van der Waals surface area contributed by atoms with Crippen molar-refractivity contribution in [2.75, 3.05) is 0 Å². The molecule has 0 unspecified atom stereocenters. The minimum atomic E-state index is -2.23. The molecule has 5 aromatic carbocycles. The first-order chi connectivity index (χ1) is 28.3. The number of aryl methyl sites for hydroxylation is 1. The summed E-state index contributed by atoms with van der Waals surface area (Å²) in [6.07, 6.45) is 4.79. The van der Waals surface area contributed by atoms with Gasteiger partial charge in [0.25, 0.3) is 0 Å². The third-order valence-corrected chi connectivity index (χ3v) is 11.9. The number of aromatic nitrogens is 2. The molecule has 8 rings (SSSR count). The van der Waals surface area contributed by atoms with E-state index in [0.717, 1.165) is 61.9 Å². The molecule has 3 heterocycles. The monoisotopic (exact) mass is 945 g/mol. The first-order valence-corrected chi connectivity index (χ1v) is 22.8. The summed E-state index contributed by atoms with van der Waals surface area (Å²) in [7, 11) is -1.68. The van der Waals surface area contributed by atoms with Crippen molar-refractivity contribution in [3.05, 3.63) is 163 Å². The van der Waals surface area contributed by atoms with E-state index in [9.17, 15) is 0 Å². The van der Waals surface area contributed by atoms with Crippen molar-refractivity contribution in [3.8, 4) is 44.8 Å². The van der Waals surface area contributed by atoms with Crippen molar-refractivity contribution >= 4 is 35.2 Å². The quantitative estimate of drug-likeness (QED) is 0.118. The normalized spacial score (nSPS) is 13.1. The Hall–Kier alpha value is -4.93. The molecule has 0 spiro atoms. The number of hydrogen-bond donors (Lipinski definition) is 0. The molecule has 5 heteroatoms. The van der Waals surface area contributed by atoms with E-state index < -0.39 is 20.8 Å². The summed E-state index contributed by atoms with van der Waals surface area (Å²) in [6.45, 7) is 15.1. The van der Waals surface area contributed by atoms with Crippen LogP contribution in [-0.4, -0.2) is 18.0 Å². The average Bonchev–Trinajstić information content (AvgIpc) is 3.58. The Labute approximate surface area is 359 Å². The van der Waals surface area contributed by atoms with Crippen LogP contribution in [0.2, 0.25) is 19.6 Å². The summed E-state index contributed by atoms with van der Waals surface area (Å²) in [4.78, 5) is 9.33. The Balaban J connectivity index is 0.000000201. The molecule has 57 heavy (non-hydrogen) atoms. The molecule has 0 saturated heterocycles. The summed E-state index contributed by atoms with van der Waals surface area (Å²) in [5, 5.41) is 3.39. The predicted octanol–water partition coefficient (Wildman–Crippen LogP) is 13.9. The molecule has 0 aliphatic carbocycles. The Kier molecular flexibility index (Phi) is 11.0. The van der Waals surface area contributed by atoms with Gasteiger partial charge in [0.15, 0.2) is 0 Å². The van der Waals surface area contributed by atoms with Crippen molar-refractivity contribution in [3.63, 3.8) is 0 Å². The third-order valence-electron chi connectivity index (χ3n) is 9.92. The van der Waals surface area contributed by atoms with E-state index in [0.29, 0.717) is 11.3 Å². The van der Waals surface area contributed by atoms with Crippen LogP contribution in [0.4, 0.5) is 0 Å². The zero-order valence-corrected chi connectivity index (χ0v) is 37.4. The first-order valence-electron chi connectivity index (χ1n) is 21.3. The van der Waals surface area contributed by atoms with Gasteiger partial charge < -0.3 is 14.4 Å². The van der Waals surface area contributed by atoms with E-state index in [2.05, 4.69) is 118 Å². The fourth-order valence-electron chi connectivity index (χ4n) is 7.19. The zero-order chi connectivity index (χ0) is 43.0. The number of fused-ring (bicyclic) bond motifs is 3. The number of benzene rings is 5. The van der Waals surface area contributed by atoms with Gasteiger partial charge in [0, 0.05) is 43.4 Å². The molecule has 0 aliphatic heterocycles. The maximum atomic E-state index is 8.66. The zero-order valence-electron chi connectivity index (χ0n) is 38.0. The van der Waals surface area contributed by atoms with Crippen molar-refractivity contribution < 1.29 is 30.0 Å². The molecule has 0 bridgehead atoms. The van der Waals surface area contributed by atoms with Crippen LogP contribution in [0.3, 0.4) is 0 Å². The van der Waals surface area contributed by atoms with Gasteiger partial charge in [0.1, 0.15) is 5.58 Å². The van der Waals surface area contributed by atoms with E-state index in [4.69, 9.17) is 14.9 Å². The van der Waals surface area contributed by atoms with Crippen LogP contribution < -0.4 is 5.19 Å². The van der Waals surface area contributed by atoms with Gasteiger partial charge in [-0.15, -0.1) is 47.5 Å². The van der Waals surface area contributed by atoms with Gasteiger partial charge in [-0.1, -0.05) is 174 Å². The van der Waals surface area contributed by atoms with E-state index in [1.54, 1.807) is 6.07 Å². The molecule has 291 valence electrons. The van der Waals surface area contributed by atoms with Crippen LogP contribution >= 0.6 is 0 Å². The maximum Gasteiger partial charge on any atom is 0.121 e. The number of furan rings is 1. The van der Waals surface area contributed by atoms with Crippen LogP contribution in [0.1, 0.15) is 62.7 Å². The molecule has 0 atom stereocenters. The van der Waals surface area contributed by atoms with Crippen molar-refractivity contribution in [1.29, 1.82) is 0 Å². The fraction of sp³-hybridized carbons (Fsp3) is 0.231. The van der Waals surface area contributed by atoms with E-state index >= 15 is 0 Å². The summed E-state index contributed by atoms with van der Waals surface area (Å²) < 4.78 is 38.8. The van der Waals surface area contributed by atoms with Crippen molar-refractivity contribution in [2.45, 2.75) is 73.4 Å². The Morgan fingerprint density at radius 1 is 0.772 bits per heavy atom. The number of nitrogens with zero attached hydrogens (tertiary/aromatic N) is 2. The molecule has 8 aromatic rings. The summed E-state index contributed by atoms with van der Waals surface area (Å²) >= 11 is 0. The van der Waals surface area contributed by atoms with Gasteiger partial charge in [-0.3, -0.25) is 0 Å². The largest absolute Gasteiger partial charge is 0.501 e. The molecule has 0 fully saturated rings. The van der Waals surface area contributed by atoms with Gasteiger partial charge in [-0.05, 0) is 63.1 Å².